The van der Waals surface area contributed by atoms with Crippen LogP contribution >= 0.6 is 0 Å². The summed E-state index contributed by atoms with van der Waals surface area (Å²) >= 11 is 0. The summed E-state index contributed by atoms with van der Waals surface area (Å²) in [6.07, 6.45) is 22.7. The number of rotatable bonds is 8. The van der Waals surface area contributed by atoms with Gasteiger partial charge in [-0.1, -0.05) is 65.3 Å². The highest BCUT2D eigenvalue weighted by Crippen LogP contribution is 2.67. The molecule has 1 N–H and O–H groups in total. The summed E-state index contributed by atoms with van der Waals surface area (Å²) in [7, 11) is 0. The molecule has 0 spiro atoms. The molecule has 0 aromatic rings. The molecule has 1 nitrogen and oxygen atoms in total. The van der Waals surface area contributed by atoms with Crippen LogP contribution in [-0.4, -0.2) is 11.7 Å². The first-order valence-electron chi connectivity index (χ1n) is 14.7. The second-order valence-electron chi connectivity index (χ2n) is 13.5. The van der Waals surface area contributed by atoms with Gasteiger partial charge in [-0.05, 0) is 129 Å². The van der Waals surface area contributed by atoms with Crippen molar-refractivity contribution in [2.75, 3.05) is 6.61 Å². The topological polar surface area (TPSA) is 20.2 Å². The van der Waals surface area contributed by atoms with Crippen molar-refractivity contribution in [1.29, 1.82) is 0 Å². The van der Waals surface area contributed by atoms with Gasteiger partial charge >= 0.3 is 0 Å². The largest absolute Gasteiger partial charge is 0.396 e. The fourth-order valence-corrected chi connectivity index (χ4v) is 9.55. The number of allylic oxidation sites excluding steroid dienone is 4. The van der Waals surface area contributed by atoms with Crippen LogP contribution in [0.2, 0.25) is 0 Å². The van der Waals surface area contributed by atoms with Crippen molar-refractivity contribution in [2.45, 2.75) is 112 Å². The minimum atomic E-state index is 0.364. The minimum absolute atomic E-state index is 0.364. The maximum atomic E-state index is 9.28. The first-order chi connectivity index (χ1) is 15.7. The van der Waals surface area contributed by atoms with E-state index in [1.165, 1.54) is 64.2 Å². The van der Waals surface area contributed by atoms with Crippen LogP contribution in [0.5, 0.6) is 0 Å². The van der Waals surface area contributed by atoms with Crippen LogP contribution < -0.4 is 0 Å². The van der Waals surface area contributed by atoms with Gasteiger partial charge < -0.3 is 5.11 Å². The lowest BCUT2D eigenvalue weighted by Crippen LogP contribution is -2.50. The van der Waals surface area contributed by atoms with E-state index in [2.05, 4.69) is 59.8 Å². The predicted octanol–water partition coefficient (Wildman–Crippen LogP) is 8.83. The Morgan fingerprint density at radius 2 is 1.82 bits per heavy atom. The summed E-state index contributed by atoms with van der Waals surface area (Å²) < 4.78 is 0. The van der Waals surface area contributed by atoms with Gasteiger partial charge in [-0.15, -0.1) is 0 Å². The monoisotopic (exact) mass is 454 g/mol. The highest BCUT2D eigenvalue weighted by molar-refractivity contribution is 5.25. The molecule has 4 aliphatic carbocycles. The number of hydrogen-bond acceptors (Lipinski definition) is 1. The Labute approximate surface area is 205 Å². The van der Waals surface area contributed by atoms with Crippen molar-refractivity contribution in [2.24, 2.45) is 58.2 Å². The smallest absolute Gasteiger partial charge is 0.0431 e. The molecule has 9 atom stereocenters. The second-order valence-corrected chi connectivity index (χ2v) is 13.5. The van der Waals surface area contributed by atoms with Crippen LogP contribution in [0, 0.1) is 58.2 Å². The van der Waals surface area contributed by atoms with Crippen molar-refractivity contribution in [1.82, 2.24) is 0 Å². The van der Waals surface area contributed by atoms with E-state index in [0.29, 0.717) is 17.4 Å². The van der Waals surface area contributed by atoms with Gasteiger partial charge in [0.1, 0.15) is 0 Å². The zero-order valence-electron chi connectivity index (χ0n) is 22.8. The SMILES string of the molecule is CC[C@H](/C=C/[C@@H](C)[C@H]1CCC2C3CC=C4C[C@@H](CCCO)CC[C@]4(C)C3CC[C@@]21C)C(C)C. The third-order valence-electron chi connectivity index (χ3n) is 11.7. The van der Waals surface area contributed by atoms with E-state index in [1.54, 1.807) is 0 Å². The molecule has 0 aromatic carbocycles. The Balaban J connectivity index is 1.48. The van der Waals surface area contributed by atoms with E-state index >= 15 is 0 Å². The lowest BCUT2D eigenvalue weighted by atomic mass is 9.46. The van der Waals surface area contributed by atoms with Crippen LogP contribution in [0.25, 0.3) is 0 Å². The number of fused-ring (bicyclic) bond motifs is 5. The van der Waals surface area contributed by atoms with E-state index in [9.17, 15) is 5.11 Å². The molecule has 3 unspecified atom stereocenters. The van der Waals surface area contributed by atoms with Gasteiger partial charge in [-0.3, -0.25) is 0 Å². The van der Waals surface area contributed by atoms with Crippen LogP contribution in [-0.2, 0) is 0 Å². The molecule has 0 radical (unpaired) electrons. The van der Waals surface area contributed by atoms with Crippen molar-refractivity contribution in [3.05, 3.63) is 23.8 Å². The summed E-state index contributed by atoms with van der Waals surface area (Å²) in [5, 5.41) is 9.28. The summed E-state index contributed by atoms with van der Waals surface area (Å²) in [5.74, 6) is 6.68. The molecule has 3 fully saturated rings. The normalized spacial score (nSPS) is 42.5. The molecule has 0 heterocycles. The van der Waals surface area contributed by atoms with Crippen molar-refractivity contribution in [3.8, 4) is 0 Å². The molecule has 0 aromatic heterocycles. The van der Waals surface area contributed by atoms with Gasteiger partial charge in [-0.2, -0.15) is 0 Å². The maximum absolute atomic E-state index is 9.28. The fourth-order valence-electron chi connectivity index (χ4n) is 9.55. The zero-order valence-corrected chi connectivity index (χ0v) is 22.8. The van der Waals surface area contributed by atoms with E-state index in [-0.39, 0.29) is 0 Å². The van der Waals surface area contributed by atoms with Crippen molar-refractivity contribution in [3.63, 3.8) is 0 Å². The van der Waals surface area contributed by atoms with E-state index in [0.717, 1.165) is 53.8 Å². The summed E-state index contributed by atoms with van der Waals surface area (Å²) in [6.45, 7) is 15.3. The van der Waals surface area contributed by atoms with Crippen LogP contribution in [0.1, 0.15) is 112 Å². The average molecular weight is 455 g/mol. The Hall–Kier alpha value is -0.560. The van der Waals surface area contributed by atoms with Crippen molar-refractivity contribution < 1.29 is 5.11 Å². The molecule has 0 saturated heterocycles. The Kier molecular flexibility index (Phi) is 7.89. The highest BCUT2D eigenvalue weighted by atomic mass is 16.2. The second kappa shape index (κ2) is 10.2. The lowest BCUT2D eigenvalue weighted by Gasteiger charge is -2.58. The van der Waals surface area contributed by atoms with Gasteiger partial charge in [0.05, 0.1) is 0 Å². The third kappa shape index (κ3) is 4.66. The first kappa shape index (κ1) is 25.5. The molecule has 33 heavy (non-hydrogen) atoms. The van der Waals surface area contributed by atoms with E-state index in [4.69, 9.17) is 0 Å². The number of aliphatic hydroxyl groups excluding tert-OH is 1. The van der Waals surface area contributed by atoms with Crippen molar-refractivity contribution >= 4 is 0 Å². The molecule has 0 amide bonds. The van der Waals surface area contributed by atoms with Gasteiger partial charge in [0.2, 0.25) is 0 Å². The summed E-state index contributed by atoms with van der Waals surface area (Å²) in [5.41, 5.74) is 2.83. The zero-order chi connectivity index (χ0) is 23.8. The van der Waals surface area contributed by atoms with Gasteiger partial charge in [0.25, 0.3) is 0 Å². The third-order valence-corrected chi connectivity index (χ3v) is 11.7. The van der Waals surface area contributed by atoms with Gasteiger partial charge in [0, 0.05) is 6.61 Å². The summed E-state index contributed by atoms with van der Waals surface area (Å²) in [6, 6.07) is 0. The van der Waals surface area contributed by atoms with E-state index < -0.39 is 0 Å². The molecule has 4 rings (SSSR count). The standard InChI is InChI=1S/C32H54O/c1-7-25(22(2)3)11-10-23(4)28-14-15-29-27-13-12-26-21-24(9-8-20-33)16-18-31(26,5)30(27)17-19-32(28,29)6/h10-12,22-25,27-30,33H,7-9,13-21H2,1-6H3/b11-10+/t23-,24+,25-,27?,28-,29?,30?,31+,32-/m1/s1. The molecule has 4 aliphatic rings. The molecule has 0 aliphatic heterocycles. The molecule has 1 heteroatoms. The van der Waals surface area contributed by atoms with Crippen LogP contribution in [0.3, 0.4) is 0 Å². The van der Waals surface area contributed by atoms with Gasteiger partial charge in [-0.25, -0.2) is 0 Å². The Morgan fingerprint density at radius 3 is 2.52 bits per heavy atom. The predicted molar refractivity (Wildman–Crippen MR) is 142 cm³/mol. The minimum Gasteiger partial charge on any atom is -0.396 e. The molecule has 188 valence electrons. The lowest BCUT2D eigenvalue weighted by molar-refractivity contribution is -0.0494. The van der Waals surface area contributed by atoms with Crippen LogP contribution in [0.15, 0.2) is 23.8 Å². The quantitative estimate of drug-likeness (QED) is 0.363. The number of hydrogen-bond donors (Lipinski definition) is 1. The summed E-state index contributed by atoms with van der Waals surface area (Å²) in [4.78, 5) is 0. The Bertz CT molecular complexity index is 718. The molecule has 0 bridgehead atoms. The molecular weight excluding hydrogens is 400 g/mol. The van der Waals surface area contributed by atoms with E-state index in [1.807, 2.05) is 5.57 Å². The fraction of sp³-hybridized carbons (Fsp3) is 0.875. The molecular formula is C32H54O. The number of aliphatic hydroxyl groups is 1. The molecule has 3 saturated carbocycles. The maximum Gasteiger partial charge on any atom is 0.0431 e. The first-order valence-corrected chi connectivity index (χ1v) is 14.7. The Morgan fingerprint density at radius 1 is 1.03 bits per heavy atom. The average Bonchev–Trinajstić information content (AvgIpc) is 3.15. The van der Waals surface area contributed by atoms with Crippen LogP contribution in [0.4, 0.5) is 0 Å². The van der Waals surface area contributed by atoms with Gasteiger partial charge in [0.15, 0.2) is 0 Å². The highest BCUT2D eigenvalue weighted by Gasteiger charge is 2.58.